The summed E-state index contributed by atoms with van der Waals surface area (Å²) in [4.78, 5) is 6.70. The summed E-state index contributed by atoms with van der Waals surface area (Å²) in [6, 6.07) is 0.561. The molecule has 2 heterocycles. The summed E-state index contributed by atoms with van der Waals surface area (Å²) in [5.74, 6) is 0. The molecule has 0 radical (unpaired) electrons. The van der Waals surface area contributed by atoms with Crippen LogP contribution in [-0.4, -0.2) is 24.1 Å². The lowest BCUT2D eigenvalue weighted by Gasteiger charge is -2.35. The smallest absolute Gasteiger partial charge is 0.186 e. The van der Waals surface area contributed by atoms with E-state index in [0.717, 1.165) is 24.6 Å². The van der Waals surface area contributed by atoms with Crippen LogP contribution in [0.2, 0.25) is 5.15 Å². The van der Waals surface area contributed by atoms with Gasteiger partial charge >= 0.3 is 0 Å². The summed E-state index contributed by atoms with van der Waals surface area (Å²) >= 11 is 7.48. The minimum atomic E-state index is 0.561. The van der Waals surface area contributed by atoms with Crippen molar-refractivity contribution in [1.82, 2.24) is 4.98 Å². The van der Waals surface area contributed by atoms with E-state index < -0.39 is 0 Å². The van der Waals surface area contributed by atoms with Gasteiger partial charge in [0.25, 0.3) is 0 Å². The molecule has 0 spiro atoms. The normalized spacial score (nSPS) is 22.0. The Bertz CT molecular complexity index is 313. The van der Waals surface area contributed by atoms with Gasteiger partial charge in [-0.05, 0) is 32.2 Å². The Labute approximate surface area is 99.2 Å². The third-order valence-corrected chi connectivity index (χ3v) is 4.04. The second kappa shape index (κ2) is 5.14. The van der Waals surface area contributed by atoms with Gasteiger partial charge in [0, 0.05) is 18.0 Å². The number of anilines is 1. The summed E-state index contributed by atoms with van der Waals surface area (Å²) < 4.78 is 0. The lowest BCUT2D eigenvalue weighted by Crippen LogP contribution is -2.40. The van der Waals surface area contributed by atoms with Gasteiger partial charge in [-0.25, -0.2) is 4.98 Å². The van der Waals surface area contributed by atoms with E-state index in [1.54, 1.807) is 11.3 Å². The highest BCUT2D eigenvalue weighted by molar-refractivity contribution is 7.14. The fraction of sp³-hybridized carbons (Fsp3) is 0.700. The van der Waals surface area contributed by atoms with Crippen molar-refractivity contribution in [3.05, 3.63) is 10.5 Å². The van der Waals surface area contributed by atoms with Crippen molar-refractivity contribution >= 4 is 28.1 Å². The molecule has 1 aromatic heterocycles. The van der Waals surface area contributed by atoms with Crippen molar-refractivity contribution in [2.75, 3.05) is 18.0 Å². The predicted octanol–water partition coefficient (Wildman–Crippen LogP) is 2.50. The molecule has 2 rings (SSSR count). The first-order valence-electron chi connectivity index (χ1n) is 5.39. The molecule has 1 atom stereocenters. The maximum atomic E-state index is 5.85. The minimum absolute atomic E-state index is 0.561. The number of aromatic nitrogens is 1. The Kier molecular flexibility index (Phi) is 3.83. The number of halogens is 1. The first kappa shape index (κ1) is 11.2. The Morgan fingerprint density at radius 2 is 2.47 bits per heavy atom. The van der Waals surface area contributed by atoms with E-state index in [2.05, 4.69) is 9.88 Å². The molecule has 1 fully saturated rings. The highest BCUT2D eigenvalue weighted by Crippen LogP contribution is 2.30. The van der Waals surface area contributed by atoms with Crippen molar-refractivity contribution in [2.24, 2.45) is 5.73 Å². The summed E-state index contributed by atoms with van der Waals surface area (Å²) in [7, 11) is 0. The van der Waals surface area contributed by atoms with E-state index in [1.807, 2.05) is 5.38 Å². The molecule has 1 saturated heterocycles. The van der Waals surface area contributed by atoms with Crippen LogP contribution in [0, 0.1) is 0 Å². The van der Waals surface area contributed by atoms with Gasteiger partial charge in [0.2, 0.25) is 0 Å². The molecule has 0 amide bonds. The van der Waals surface area contributed by atoms with Gasteiger partial charge in [0.15, 0.2) is 5.13 Å². The molecule has 2 N–H and O–H groups in total. The highest BCUT2D eigenvalue weighted by atomic mass is 35.5. The first-order chi connectivity index (χ1) is 7.31. The second-order valence-corrected chi connectivity index (χ2v) is 5.10. The highest BCUT2D eigenvalue weighted by Gasteiger charge is 2.23. The number of hydrogen-bond donors (Lipinski definition) is 1. The van der Waals surface area contributed by atoms with E-state index in [0.29, 0.717) is 11.2 Å². The molecular weight excluding hydrogens is 230 g/mol. The van der Waals surface area contributed by atoms with Crippen LogP contribution in [0.15, 0.2) is 5.38 Å². The average Bonchev–Trinajstić information content (AvgIpc) is 2.66. The van der Waals surface area contributed by atoms with Gasteiger partial charge in [0.05, 0.1) is 0 Å². The summed E-state index contributed by atoms with van der Waals surface area (Å²) in [5, 5.41) is 3.55. The number of rotatable bonds is 3. The van der Waals surface area contributed by atoms with Gasteiger partial charge in [0.1, 0.15) is 5.15 Å². The topological polar surface area (TPSA) is 42.1 Å². The predicted molar refractivity (Wildman–Crippen MR) is 65.8 cm³/mol. The van der Waals surface area contributed by atoms with Gasteiger partial charge in [-0.2, -0.15) is 0 Å². The van der Waals surface area contributed by atoms with E-state index in [-0.39, 0.29) is 0 Å². The van der Waals surface area contributed by atoms with Crippen molar-refractivity contribution in [3.63, 3.8) is 0 Å². The zero-order valence-corrected chi connectivity index (χ0v) is 10.2. The minimum Gasteiger partial charge on any atom is -0.345 e. The maximum absolute atomic E-state index is 5.85. The molecular formula is C10H16ClN3S. The van der Waals surface area contributed by atoms with Crippen molar-refractivity contribution in [3.8, 4) is 0 Å². The SMILES string of the molecule is NCCC1CCCCN1c1nc(Cl)cs1. The van der Waals surface area contributed by atoms with E-state index in [1.165, 1.54) is 19.3 Å². The third kappa shape index (κ3) is 2.62. The maximum Gasteiger partial charge on any atom is 0.186 e. The number of hydrogen-bond acceptors (Lipinski definition) is 4. The van der Waals surface area contributed by atoms with E-state index in [4.69, 9.17) is 17.3 Å². The van der Waals surface area contributed by atoms with Crippen LogP contribution in [0.4, 0.5) is 5.13 Å². The molecule has 1 aliphatic heterocycles. The lowest BCUT2D eigenvalue weighted by atomic mass is 10.0. The molecule has 5 heteroatoms. The molecule has 1 unspecified atom stereocenters. The molecule has 15 heavy (non-hydrogen) atoms. The first-order valence-corrected chi connectivity index (χ1v) is 6.65. The third-order valence-electron chi connectivity index (χ3n) is 2.84. The molecule has 84 valence electrons. The lowest BCUT2D eigenvalue weighted by molar-refractivity contribution is 0.441. The second-order valence-electron chi connectivity index (χ2n) is 3.87. The Hall–Kier alpha value is -0.320. The molecule has 1 aliphatic rings. The molecule has 0 bridgehead atoms. The quantitative estimate of drug-likeness (QED) is 0.890. The van der Waals surface area contributed by atoms with Crippen LogP contribution in [0.25, 0.3) is 0 Å². The zero-order chi connectivity index (χ0) is 10.7. The number of piperidine rings is 1. The molecule has 0 aliphatic carbocycles. The van der Waals surface area contributed by atoms with Gasteiger partial charge < -0.3 is 10.6 Å². The van der Waals surface area contributed by atoms with Gasteiger partial charge in [-0.3, -0.25) is 0 Å². The van der Waals surface area contributed by atoms with Crippen molar-refractivity contribution in [2.45, 2.75) is 31.7 Å². The monoisotopic (exact) mass is 245 g/mol. The molecule has 0 saturated carbocycles. The van der Waals surface area contributed by atoms with E-state index in [9.17, 15) is 0 Å². The van der Waals surface area contributed by atoms with Crippen LogP contribution in [0.1, 0.15) is 25.7 Å². The molecule has 1 aromatic rings. The largest absolute Gasteiger partial charge is 0.345 e. The molecule has 0 aromatic carbocycles. The Morgan fingerprint density at radius 3 is 3.13 bits per heavy atom. The molecule has 3 nitrogen and oxygen atoms in total. The van der Waals surface area contributed by atoms with E-state index >= 15 is 0 Å². The average molecular weight is 246 g/mol. The number of nitrogens with two attached hydrogens (primary N) is 1. The standard InChI is InChI=1S/C10H16ClN3S/c11-9-7-15-10(13-9)14-6-2-1-3-8(14)4-5-12/h7-8H,1-6,12H2. The zero-order valence-electron chi connectivity index (χ0n) is 8.66. The Morgan fingerprint density at radius 1 is 1.60 bits per heavy atom. The Balaban J connectivity index is 2.10. The van der Waals surface area contributed by atoms with Crippen molar-refractivity contribution < 1.29 is 0 Å². The van der Waals surface area contributed by atoms with Crippen LogP contribution in [0.5, 0.6) is 0 Å². The van der Waals surface area contributed by atoms with Crippen LogP contribution in [-0.2, 0) is 0 Å². The summed E-state index contributed by atoms with van der Waals surface area (Å²) in [5.41, 5.74) is 5.64. The fourth-order valence-corrected chi connectivity index (χ4v) is 3.17. The van der Waals surface area contributed by atoms with Crippen molar-refractivity contribution in [1.29, 1.82) is 0 Å². The summed E-state index contributed by atoms with van der Waals surface area (Å²) in [6.07, 6.45) is 4.84. The van der Waals surface area contributed by atoms with Gasteiger partial charge in [-0.1, -0.05) is 11.6 Å². The van der Waals surface area contributed by atoms with Gasteiger partial charge in [-0.15, -0.1) is 11.3 Å². The van der Waals surface area contributed by atoms with Crippen LogP contribution >= 0.6 is 22.9 Å². The van der Waals surface area contributed by atoms with Crippen LogP contribution in [0.3, 0.4) is 0 Å². The fourth-order valence-electron chi connectivity index (χ4n) is 2.12. The number of nitrogens with zero attached hydrogens (tertiary/aromatic N) is 2. The van der Waals surface area contributed by atoms with Crippen LogP contribution < -0.4 is 10.6 Å². The summed E-state index contributed by atoms with van der Waals surface area (Å²) in [6.45, 7) is 1.84. The number of thiazole rings is 1.